The number of ether oxygens (including phenoxy) is 3. The monoisotopic (exact) mass is 358 g/mol. The molecule has 0 amide bonds. The number of phenolic OH excluding ortho intramolecular Hbond substituents is 2. The van der Waals surface area contributed by atoms with Crippen LogP contribution in [0.15, 0.2) is 30.3 Å². The van der Waals surface area contributed by atoms with Crippen LogP contribution in [0.2, 0.25) is 0 Å². The molecule has 0 unspecified atom stereocenters. The SMILES string of the molecule is COc1cccc(C(=O)CCC(=O)c2c(O)cc3c(c2O)OCCO3)c1. The summed E-state index contributed by atoms with van der Waals surface area (Å²) in [7, 11) is 1.50. The Hall–Kier alpha value is -3.22. The quantitative estimate of drug-likeness (QED) is 0.765. The molecular weight excluding hydrogens is 340 g/mol. The van der Waals surface area contributed by atoms with Gasteiger partial charge in [0.05, 0.1) is 7.11 Å². The van der Waals surface area contributed by atoms with E-state index < -0.39 is 17.3 Å². The van der Waals surface area contributed by atoms with Gasteiger partial charge in [-0.3, -0.25) is 9.59 Å². The molecule has 0 atom stereocenters. The molecule has 0 saturated heterocycles. The lowest BCUT2D eigenvalue weighted by Gasteiger charge is -2.21. The fraction of sp³-hybridized carbons (Fsp3) is 0.263. The highest BCUT2D eigenvalue weighted by Crippen LogP contribution is 2.46. The van der Waals surface area contributed by atoms with Gasteiger partial charge in [-0.05, 0) is 12.1 Å². The number of hydrogen-bond acceptors (Lipinski definition) is 7. The first-order valence-corrected chi connectivity index (χ1v) is 8.06. The number of phenols is 2. The van der Waals surface area contributed by atoms with Crippen LogP contribution in [0.1, 0.15) is 33.6 Å². The van der Waals surface area contributed by atoms with Crippen LogP contribution in [0.3, 0.4) is 0 Å². The summed E-state index contributed by atoms with van der Waals surface area (Å²) in [5, 5.41) is 20.3. The van der Waals surface area contributed by atoms with Gasteiger partial charge in [-0.1, -0.05) is 12.1 Å². The van der Waals surface area contributed by atoms with Crippen molar-refractivity contribution < 1.29 is 34.0 Å². The molecule has 0 aromatic heterocycles. The number of aromatic hydroxyl groups is 2. The number of ketones is 2. The summed E-state index contributed by atoms with van der Waals surface area (Å²) in [5.74, 6) is -0.942. The standard InChI is InChI=1S/C19H18O7/c1-24-12-4-2-3-11(9-12)13(20)5-6-14(21)17-15(22)10-16-19(18(17)23)26-8-7-25-16/h2-4,9-10,22-23H,5-8H2,1H3. The lowest BCUT2D eigenvalue weighted by Crippen LogP contribution is -2.16. The van der Waals surface area contributed by atoms with Gasteiger partial charge < -0.3 is 24.4 Å². The Bertz CT molecular complexity index is 857. The second-order valence-electron chi connectivity index (χ2n) is 5.72. The Morgan fingerprint density at radius 1 is 1.08 bits per heavy atom. The maximum absolute atomic E-state index is 12.4. The number of methoxy groups -OCH3 is 1. The van der Waals surface area contributed by atoms with Gasteiger partial charge in [0, 0.05) is 24.5 Å². The molecule has 1 heterocycles. The van der Waals surface area contributed by atoms with E-state index in [0.29, 0.717) is 11.3 Å². The molecule has 7 heteroatoms. The summed E-state index contributed by atoms with van der Waals surface area (Å²) in [6.07, 6.45) is -0.240. The molecule has 136 valence electrons. The molecule has 1 aliphatic heterocycles. The van der Waals surface area contributed by atoms with Crippen LogP contribution in [0.5, 0.6) is 28.7 Å². The molecule has 2 N–H and O–H groups in total. The predicted octanol–water partition coefficient (Wildman–Crippen LogP) is 2.72. The van der Waals surface area contributed by atoms with E-state index >= 15 is 0 Å². The Labute approximate surface area is 149 Å². The van der Waals surface area contributed by atoms with E-state index in [-0.39, 0.29) is 48.9 Å². The van der Waals surface area contributed by atoms with Crippen molar-refractivity contribution in [2.24, 2.45) is 0 Å². The van der Waals surface area contributed by atoms with Gasteiger partial charge in [0.2, 0.25) is 5.75 Å². The molecule has 3 rings (SSSR count). The number of fused-ring (bicyclic) bond motifs is 1. The zero-order chi connectivity index (χ0) is 18.7. The van der Waals surface area contributed by atoms with Crippen LogP contribution in [0, 0.1) is 0 Å². The molecule has 0 aliphatic carbocycles. The van der Waals surface area contributed by atoms with E-state index in [9.17, 15) is 19.8 Å². The third-order valence-electron chi connectivity index (χ3n) is 4.04. The number of rotatable bonds is 6. The van der Waals surface area contributed by atoms with E-state index in [1.54, 1.807) is 24.3 Å². The predicted molar refractivity (Wildman–Crippen MR) is 91.7 cm³/mol. The van der Waals surface area contributed by atoms with Gasteiger partial charge in [0.25, 0.3) is 0 Å². The van der Waals surface area contributed by atoms with Crippen molar-refractivity contribution in [2.45, 2.75) is 12.8 Å². The first-order valence-electron chi connectivity index (χ1n) is 8.06. The van der Waals surface area contributed by atoms with Crippen molar-refractivity contribution >= 4 is 11.6 Å². The third-order valence-corrected chi connectivity index (χ3v) is 4.04. The lowest BCUT2D eigenvalue weighted by atomic mass is 9.99. The highest BCUT2D eigenvalue weighted by molar-refractivity contribution is 6.05. The molecule has 0 radical (unpaired) electrons. The summed E-state index contributed by atoms with van der Waals surface area (Å²) in [4.78, 5) is 24.7. The van der Waals surface area contributed by atoms with Crippen LogP contribution < -0.4 is 14.2 Å². The molecule has 2 aromatic rings. The number of Topliss-reactive ketones (excluding diaryl/α,β-unsaturated/α-hetero) is 2. The molecule has 0 fully saturated rings. The first kappa shape index (κ1) is 17.6. The molecule has 7 nitrogen and oxygen atoms in total. The van der Waals surface area contributed by atoms with Gasteiger partial charge in [-0.15, -0.1) is 0 Å². The fourth-order valence-corrected chi connectivity index (χ4v) is 2.72. The van der Waals surface area contributed by atoms with Gasteiger partial charge in [-0.2, -0.15) is 0 Å². The minimum Gasteiger partial charge on any atom is -0.507 e. The fourth-order valence-electron chi connectivity index (χ4n) is 2.72. The number of carbonyl (C=O) groups is 2. The Kier molecular flexibility index (Phi) is 4.97. The zero-order valence-electron chi connectivity index (χ0n) is 14.2. The summed E-state index contributed by atoms with van der Waals surface area (Å²) < 4.78 is 15.6. The van der Waals surface area contributed by atoms with E-state index in [2.05, 4.69) is 0 Å². The van der Waals surface area contributed by atoms with E-state index in [1.807, 2.05) is 0 Å². The smallest absolute Gasteiger partial charge is 0.204 e. The Morgan fingerprint density at radius 2 is 1.81 bits per heavy atom. The Balaban J connectivity index is 1.75. The molecule has 1 aliphatic rings. The van der Waals surface area contributed by atoms with Gasteiger partial charge in [0.1, 0.15) is 30.3 Å². The van der Waals surface area contributed by atoms with Gasteiger partial charge >= 0.3 is 0 Å². The molecule has 2 aromatic carbocycles. The average molecular weight is 358 g/mol. The second kappa shape index (κ2) is 7.35. The summed E-state index contributed by atoms with van der Waals surface area (Å²) in [6, 6.07) is 7.85. The lowest BCUT2D eigenvalue weighted by molar-refractivity contribution is 0.0912. The summed E-state index contributed by atoms with van der Waals surface area (Å²) in [5.41, 5.74) is 0.153. The highest BCUT2D eigenvalue weighted by atomic mass is 16.6. The third kappa shape index (κ3) is 3.42. The van der Waals surface area contributed by atoms with Crippen LogP contribution in [-0.2, 0) is 0 Å². The van der Waals surface area contributed by atoms with E-state index in [4.69, 9.17) is 14.2 Å². The maximum atomic E-state index is 12.4. The molecule has 0 spiro atoms. The highest BCUT2D eigenvalue weighted by Gasteiger charge is 2.26. The zero-order valence-corrected chi connectivity index (χ0v) is 14.2. The van der Waals surface area contributed by atoms with Crippen LogP contribution in [0.25, 0.3) is 0 Å². The summed E-state index contributed by atoms with van der Waals surface area (Å²) in [6.45, 7) is 0.515. The maximum Gasteiger partial charge on any atom is 0.204 e. The molecule has 0 saturated carbocycles. The van der Waals surface area contributed by atoms with Crippen molar-refractivity contribution in [2.75, 3.05) is 20.3 Å². The van der Waals surface area contributed by atoms with Crippen molar-refractivity contribution in [3.05, 3.63) is 41.5 Å². The van der Waals surface area contributed by atoms with Crippen molar-refractivity contribution in [1.29, 1.82) is 0 Å². The molecule has 26 heavy (non-hydrogen) atoms. The number of hydrogen-bond donors (Lipinski definition) is 2. The Morgan fingerprint density at radius 3 is 2.58 bits per heavy atom. The molecule has 0 bridgehead atoms. The van der Waals surface area contributed by atoms with Crippen LogP contribution >= 0.6 is 0 Å². The first-order chi connectivity index (χ1) is 12.5. The van der Waals surface area contributed by atoms with Gasteiger partial charge in [-0.25, -0.2) is 0 Å². The average Bonchev–Trinajstić information content (AvgIpc) is 2.66. The van der Waals surface area contributed by atoms with Gasteiger partial charge in [0.15, 0.2) is 23.1 Å². The largest absolute Gasteiger partial charge is 0.507 e. The summed E-state index contributed by atoms with van der Waals surface area (Å²) >= 11 is 0. The van der Waals surface area contributed by atoms with Crippen molar-refractivity contribution in [1.82, 2.24) is 0 Å². The van der Waals surface area contributed by atoms with Crippen molar-refractivity contribution in [3.63, 3.8) is 0 Å². The second-order valence-corrected chi connectivity index (χ2v) is 5.72. The van der Waals surface area contributed by atoms with Crippen LogP contribution in [0.4, 0.5) is 0 Å². The number of carbonyl (C=O) groups excluding carboxylic acids is 2. The van der Waals surface area contributed by atoms with Crippen LogP contribution in [-0.4, -0.2) is 42.1 Å². The number of benzene rings is 2. The normalized spacial score (nSPS) is 12.5. The molecular formula is C19H18O7. The minimum atomic E-state index is -0.562. The van der Waals surface area contributed by atoms with E-state index in [1.165, 1.54) is 13.2 Å². The van der Waals surface area contributed by atoms with Crippen molar-refractivity contribution in [3.8, 4) is 28.7 Å². The topological polar surface area (TPSA) is 102 Å². The van der Waals surface area contributed by atoms with E-state index in [0.717, 1.165) is 0 Å². The minimum absolute atomic E-state index is 0.0246.